The number of amides is 1. The lowest BCUT2D eigenvalue weighted by atomic mass is 10.2. The Morgan fingerprint density at radius 1 is 1.08 bits per heavy atom. The summed E-state index contributed by atoms with van der Waals surface area (Å²) in [6.45, 7) is 2.35. The van der Waals surface area contributed by atoms with Gasteiger partial charge in [-0.1, -0.05) is 11.8 Å². The fourth-order valence-electron chi connectivity index (χ4n) is 1.94. The Bertz CT molecular complexity index is 754. The first-order chi connectivity index (χ1) is 12.1. The molecule has 2 rings (SSSR count). The highest BCUT2D eigenvalue weighted by Gasteiger charge is 2.08. The first kappa shape index (κ1) is 18.1. The van der Waals surface area contributed by atoms with E-state index >= 15 is 0 Å². The third-order valence-corrected chi connectivity index (χ3v) is 3.27. The summed E-state index contributed by atoms with van der Waals surface area (Å²) in [5.41, 5.74) is 1.37. The van der Waals surface area contributed by atoms with Crippen molar-refractivity contribution < 1.29 is 19.0 Å². The Morgan fingerprint density at radius 2 is 1.80 bits per heavy atom. The highest BCUT2D eigenvalue weighted by molar-refractivity contribution is 5.95. The standard InChI is InChI=1S/C19H20N2O4/c1-14-6-7-16(13-21-14)25-9-5-4-8-20-19(22)15-10-17(23-2)12-18(11-15)24-3/h6-7,10-13H,8-9H2,1-3H3,(H,20,22). The van der Waals surface area contributed by atoms with Crippen molar-refractivity contribution in [1.82, 2.24) is 10.3 Å². The van der Waals surface area contributed by atoms with E-state index in [1.807, 2.05) is 19.1 Å². The summed E-state index contributed by atoms with van der Waals surface area (Å²) in [5.74, 6) is 7.18. The summed E-state index contributed by atoms with van der Waals surface area (Å²) in [4.78, 5) is 16.3. The molecule has 6 heteroatoms. The molecule has 0 fully saturated rings. The molecule has 1 aromatic heterocycles. The number of aromatic nitrogens is 1. The van der Waals surface area contributed by atoms with Crippen LogP contribution >= 0.6 is 0 Å². The molecule has 1 N–H and O–H groups in total. The minimum absolute atomic E-state index is 0.216. The molecule has 0 radical (unpaired) electrons. The zero-order valence-corrected chi connectivity index (χ0v) is 14.5. The van der Waals surface area contributed by atoms with Gasteiger partial charge in [0.1, 0.15) is 23.9 Å². The minimum Gasteiger partial charge on any atom is -0.497 e. The van der Waals surface area contributed by atoms with Crippen LogP contribution in [-0.2, 0) is 0 Å². The van der Waals surface area contributed by atoms with E-state index in [1.54, 1.807) is 24.4 Å². The molecule has 0 saturated carbocycles. The smallest absolute Gasteiger partial charge is 0.252 e. The quantitative estimate of drug-likeness (QED) is 0.817. The lowest BCUT2D eigenvalue weighted by Crippen LogP contribution is -2.23. The Hall–Kier alpha value is -3.20. The summed E-state index contributed by atoms with van der Waals surface area (Å²) < 4.78 is 15.7. The number of ether oxygens (including phenoxy) is 3. The average Bonchev–Trinajstić information content (AvgIpc) is 2.65. The summed E-state index contributed by atoms with van der Waals surface area (Å²) in [7, 11) is 3.07. The number of aryl methyl sites for hydroxylation is 1. The molecule has 0 unspecified atom stereocenters. The number of carbonyl (C=O) groups excluding carboxylic acids is 1. The minimum atomic E-state index is -0.254. The van der Waals surface area contributed by atoms with Crippen LogP contribution in [0.5, 0.6) is 17.2 Å². The van der Waals surface area contributed by atoms with Crippen LogP contribution in [0.4, 0.5) is 0 Å². The van der Waals surface area contributed by atoms with Crippen molar-refractivity contribution >= 4 is 5.91 Å². The van der Waals surface area contributed by atoms with E-state index in [1.165, 1.54) is 14.2 Å². The van der Waals surface area contributed by atoms with Gasteiger partial charge in [0, 0.05) is 17.3 Å². The highest BCUT2D eigenvalue weighted by Crippen LogP contribution is 2.22. The Labute approximate surface area is 147 Å². The topological polar surface area (TPSA) is 69.7 Å². The predicted molar refractivity (Wildman–Crippen MR) is 94.1 cm³/mol. The van der Waals surface area contributed by atoms with Gasteiger partial charge in [-0.2, -0.15) is 0 Å². The Morgan fingerprint density at radius 3 is 2.40 bits per heavy atom. The molecule has 6 nitrogen and oxygen atoms in total. The van der Waals surface area contributed by atoms with Crippen LogP contribution in [0.15, 0.2) is 36.5 Å². The predicted octanol–water partition coefficient (Wildman–Crippen LogP) is 2.22. The molecule has 130 valence electrons. The van der Waals surface area contributed by atoms with E-state index in [-0.39, 0.29) is 19.1 Å². The van der Waals surface area contributed by atoms with Crippen molar-refractivity contribution in [2.75, 3.05) is 27.4 Å². The molecule has 2 aromatic rings. The first-order valence-electron chi connectivity index (χ1n) is 7.65. The molecule has 1 heterocycles. The molecule has 0 saturated heterocycles. The van der Waals surface area contributed by atoms with Crippen molar-refractivity contribution in [3.05, 3.63) is 47.8 Å². The second-order valence-corrected chi connectivity index (χ2v) is 5.06. The molecule has 0 atom stereocenters. The maximum atomic E-state index is 12.1. The highest BCUT2D eigenvalue weighted by atomic mass is 16.5. The van der Waals surface area contributed by atoms with E-state index in [4.69, 9.17) is 14.2 Å². The van der Waals surface area contributed by atoms with Gasteiger partial charge >= 0.3 is 0 Å². The van der Waals surface area contributed by atoms with E-state index in [0.29, 0.717) is 22.8 Å². The van der Waals surface area contributed by atoms with Crippen LogP contribution in [0.3, 0.4) is 0 Å². The molecule has 0 bridgehead atoms. The molecule has 0 aliphatic heterocycles. The molecule has 1 aromatic carbocycles. The monoisotopic (exact) mass is 340 g/mol. The van der Waals surface area contributed by atoms with Gasteiger partial charge in [-0.15, -0.1) is 0 Å². The van der Waals surface area contributed by atoms with Gasteiger partial charge in [-0.05, 0) is 31.2 Å². The fourth-order valence-corrected chi connectivity index (χ4v) is 1.94. The largest absolute Gasteiger partial charge is 0.497 e. The third kappa shape index (κ3) is 5.74. The van der Waals surface area contributed by atoms with Crippen molar-refractivity contribution in [3.8, 4) is 29.1 Å². The van der Waals surface area contributed by atoms with Gasteiger partial charge in [-0.25, -0.2) is 0 Å². The Kier molecular flexibility index (Phi) is 6.66. The van der Waals surface area contributed by atoms with Crippen molar-refractivity contribution in [2.45, 2.75) is 6.92 Å². The molecular formula is C19H20N2O4. The number of carbonyl (C=O) groups is 1. The third-order valence-electron chi connectivity index (χ3n) is 3.27. The number of benzene rings is 1. The van der Waals surface area contributed by atoms with E-state index in [9.17, 15) is 4.79 Å². The average molecular weight is 340 g/mol. The number of hydrogen-bond acceptors (Lipinski definition) is 5. The lowest BCUT2D eigenvalue weighted by Gasteiger charge is -2.08. The number of rotatable bonds is 6. The molecular weight excluding hydrogens is 320 g/mol. The van der Waals surface area contributed by atoms with Crippen molar-refractivity contribution in [1.29, 1.82) is 0 Å². The number of nitrogens with one attached hydrogen (secondary N) is 1. The van der Waals surface area contributed by atoms with Crippen LogP contribution in [-0.4, -0.2) is 38.3 Å². The maximum Gasteiger partial charge on any atom is 0.252 e. The summed E-state index contributed by atoms with van der Waals surface area (Å²) >= 11 is 0. The van der Waals surface area contributed by atoms with Gasteiger partial charge in [0.2, 0.25) is 0 Å². The van der Waals surface area contributed by atoms with Gasteiger partial charge < -0.3 is 19.5 Å². The SMILES string of the molecule is COc1cc(OC)cc(C(=O)NCC#CCOc2ccc(C)nc2)c1. The summed E-state index contributed by atoms with van der Waals surface area (Å²) in [6, 6.07) is 8.68. The summed E-state index contributed by atoms with van der Waals surface area (Å²) in [5, 5.41) is 2.72. The Balaban J connectivity index is 1.81. The number of methoxy groups -OCH3 is 2. The van der Waals surface area contributed by atoms with Crippen LogP contribution in [0.1, 0.15) is 16.1 Å². The number of nitrogens with zero attached hydrogens (tertiary/aromatic N) is 1. The van der Waals surface area contributed by atoms with E-state index < -0.39 is 0 Å². The van der Waals surface area contributed by atoms with Gasteiger partial charge in [0.25, 0.3) is 5.91 Å². The molecule has 25 heavy (non-hydrogen) atoms. The van der Waals surface area contributed by atoms with E-state index in [0.717, 1.165) is 5.69 Å². The molecule has 1 amide bonds. The normalized spacial score (nSPS) is 9.56. The van der Waals surface area contributed by atoms with Gasteiger partial charge in [0.15, 0.2) is 0 Å². The van der Waals surface area contributed by atoms with Crippen LogP contribution in [0, 0.1) is 18.8 Å². The molecule has 0 aliphatic carbocycles. The van der Waals surface area contributed by atoms with Gasteiger partial charge in [-0.3, -0.25) is 9.78 Å². The second-order valence-electron chi connectivity index (χ2n) is 5.06. The molecule has 0 aliphatic rings. The fraction of sp³-hybridized carbons (Fsp3) is 0.263. The first-order valence-corrected chi connectivity index (χ1v) is 7.65. The zero-order valence-electron chi connectivity index (χ0n) is 14.5. The van der Waals surface area contributed by atoms with Gasteiger partial charge in [0.05, 0.1) is 27.0 Å². The maximum absolute atomic E-state index is 12.1. The zero-order chi connectivity index (χ0) is 18.1. The van der Waals surface area contributed by atoms with Crippen LogP contribution in [0.2, 0.25) is 0 Å². The number of hydrogen-bond donors (Lipinski definition) is 1. The lowest BCUT2D eigenvalue weighted by molar-refractivity contribution is 0.0958. The van der Waals surface area contributed by atoms with Crippen molar-refractivity contribution in [3.63, 3.8) is 0 Å². The van der Waals surface area contributed by atoms with Crippen LogP contribution < -0.4 is 19.5 Å². The number of pyridine rings is 1. The van der Waals surface area contributed by atoms with Crippen LogP contribution in [0.25, 0.3) is 0 Å². The van der Waals surface area contributed by atoms with Crippen molar-refractivity contribution in [2.24, 2.45) is 0 Å². The summed E-state index contributed by atoms with van der Waals surface area (Å²) in [6.07, 6.45) is 1.65. The van der Waals surface area contributed by atoms with E-state index in [2.05, 4.69) is 22.1 Å². The second kappa shape index (κ2) is 9.18. The molecule has 0 spiro atoms.